The minimum Gasteiger partial charge on any atom is -0.471 e. The number of aromatic nitrogens is 4. The molecule has 1 saturated heterocycles. The van der Waals surface area contributed by atoms with Crippen LogP contribution in [-0.2, 0) is 29.1 Å². The minimum absolute atomic E-state index is 0.0354. The van der Waals surface area contributed by atoms with Gasteiger partial charge in [0.05, 0.1) is 11.8 Å². The minimum atomic E-state index is -3.94. The first-order valence-electron chi connectivity index (χ1n) is 17.4. The van der Waals surface area contributed by atoms with Gasteiger partial charge in [0.15, 0.2) is 5.82 Å². The lowest BCUT2D eigenvalue weighted by molar-refractivity contribution is -0.143. The second kappa shape index (κ2) is 14.8. The number of carbonyl (C=O) groups is 4. The van der Waals surface area contributed by atoms with Crippen LogP contribution in [0.25, 0.3) is 16.6 Å². The van der Waals surface area contributed by atoms with Gasteiger partial charge in [-0.3, -0.25) is 23.7 Å². The molecule has 1 aliphatic heterocycles. The first-order chi connectivity index (χ1) is 24.7. The lowest BCUT2D eigenvalue weighted by Gasteiger charge is -2.36. The maximum atomic E-state index is 14.5. The van der Waals surface area contributed by atoms with Crippen LogP contribution in [0.3, 0.4) is 0 Å². The molecule has 0 bridgehead atoms. The lowest BCUT2D eigenvalue weighted by atomic mass is 9.85. The Kier molecular flexibility index (Phi) is 10.9. The standard InChI is InChI=1S/C36H48N8O8S/c1-9-16-36(8,32(47)42-53(49,50)23-14-15-23)39-29(45)26-19-22(20-44(26)31(46)27(34(2,3)4)38-33(48)52-35(5,6)7)51-30-25-13-11-10-12-24(25)28(40-41-30)43-18-17-37-21-43/h9-13,17-18,21-23,26-27H,1,14-16,19-20H2,2-8H3,(H,38,48)(H,39,45)(H,42,47)/t22-,26+,27-,36+/m1/s1. The van der Waals surface area contributed by atoms with Crippen molar-refractivity contribution in [2.24, 2.45) is 5.41 Å². The van der Waals surface area contributed by atoms with E-state index in [0.717, 1.165) is 5.39 Å². The fraction of sp³-hybridized carbons (Fsp3) is 0.528. The summed E-state index contributed by atoms with van der Waals surface area (Å²) in [6.07, 6.45) is 5.47. The van der Waals surface area contributed by atoms with Gasteiger partial charge in [-0.15, -0.1) is 16.8 Å². The largest absolute Gasteiger partial charge is 0.471 e. The Morgan fingerprint density at radius 1 is 1.04 bits per heavy atom. The fourth-order valence-electron chi connectivity index (χ4n) is 6.05. The quantitative estimate of drug-likeness (QED) is 0.229. The van der Waals surface area contributed by atoms with Gasteiger partial charge in [0.2, 0.25) is 27.7 Å². The van der Waals surface area contributed by atoms with E-state index in [4.69, 9.17) is 9.47 Å². The number of ether oxygens (including phenoxy) is 2. The maximum Gasteiger partial charge on any atom is 0.408 e. The van der Waals surface area contributed by atoms with Gasteiger partial charge >= 0.3 is 6.09 Å². The monoisotopic (exact) mass is 752 g/mol. The summed E-state index contributed by atoms with van der Waals surface area (Å²) in [7, 11) is -3.94. The number of amides is 4. The Balaban J connectivity index is 1.47. The second-order valence-corrected chi connectivity index (χ2v) is 17.7. The summed E-state index contributed by atoms with van der Waals surface area (Å²) < 4.78 is 41.0. The Morgan fingerprint density at radius 3 is 2.30 bits per heavy atom. The van der Waals surface area contributed by atoms with E-state index in [0.29, 0.717) is 24.0 Å². The number of likely N-dealkylation sites (tertiary alicyclic amines) is 1. The molecule has 3 heterocycles. The van der Waals surface area contributed by atoms with E-state index in [1.165, 1.54) is 17.9 Å². The van der Waals surface area contributed by atoms with Crippen LogP contribution in [0.1, 0.15) is 74.1 Å². The molecule has 1 aliphatic carbocycles. The molecule has 4 amide bonds. The average Bonchev–Trinajstić information content (AvgIpc) is 3.63. The summed E-state index contributed by atoms with van der Waals surface area (Å²) in [6.45, 7) is 15.4. The van der Waals surface area contributed by atoms with Crippen LogP contribution in [0.4, 0.5) is 4.79 Å². The van der Waals surface area contributed by atoms with Gasteiger partial charge in [0.25, 0.3) is 5.91 Å². The van der Waals surface area contributed by atoms with Crippen LogP contribution in [0, 0.1) is 5.41 Å². The van der Waals surface area contributed by atoms with Gasteiger partial charge in [0.1, 0.15) is 35.7 Å². The Hall–Kier alpha value is -5.06. The van der Waals surface area contributed by atoms with E-state index in [1.54, 1.807) is 64.8 Å². The van der Waals surface area contributed by atoms with Crippen molar-refractivity contribution in [2.75, 3.05) is 6.54 Å². The van der Waals surface area contributed by atoms with Crippen LogP contribution in [0.15, 0.2) is 55.6 Å². The molecule has 17 heteroatoms. The number of imidazole rings is 1. The summed E-state index contributed by atoms with van der Waals surface area (Å²) in [5.41, 5.74) is -3.42. The summed E-state index contributed by atoms with van der Waals surface area (Å²) >= 11 is 0. The third-order valence-electron chi connectivity index (χ3n) is 8.93. The van der Waals surface area contributed by atoms with Crippen molar-refractivity contribution in [1.82, 2.24) is 40.0 Å². The Labute approximate surface area is 309 Å². The molecule has 0 spiro atoms. The molecule has 3 N–H and O–H groups in total. The molecular weight excluding hydrogens is 705 g/mol. The number of hydrogen-bond acceptors (Lipinski definition) is 11. The molecule has 1 saturated carbocycles. The number of alkyl carbamates (subject to hydrolysis) is 1. The highest BCUT2D eigenvalue weighted by Crippen LogP contribution is 2.33. The highest BCUT2D eigenvalue weighted by Gasteiger charge is 2.49. The zero-order valence-corrected chi connectivity index (χ0v) is 31.9. The predicted molar refractivity (Wildman–Crippen MR) is 195 cm³/mol. The van der Waals surface area contributed by atoms with Crippen molar-refractivity contribution in [2.45, 2.75) is 109 Å². The molecule has 4 atom stereocenters. The molecule has 2 fully saturated rings. The van der Waals surface area contributed by atoms with Crippen molar-refractivity contribution >= 4 is 44.6 Å². The number of nitrogens with one attached hydrogen (secondary N) is 3. The summed E-state index contributed by atoms with van der Waals surface area (Å²) in [4.78, 5) is 60.6. The van der Waals surface area contributed by atoms with Crippen LogP contribution >= 0.6 is 0 Å². The van der Waals surface area contributed by atoms with Gasteiger partial charge in [-0.2, -0.15) is 0 Å². The zero-order chi connectivity index (χ0) is 38.9. The fourth-order valence-corrected chi connectivity index (χ4v) is 7.45. The number of hydrogen-bond donors (Lipinski definition) is 3. The molecule has 5 rings (SSSR count). The zero-order valence-electron chi connectivity index (χ0n) is 31.1. The highest BCUT2D eigenvalue weighted by molar-refractivity contribution is 7.91. The second-order valence-electron chi connectivity index (χ2n) is 15.8. The van der Waals surface area contributed by atoms with E-state index >= 15 is 0 Å². The van der Waals surface area contributed by atoms with E-state index in [1.807, 2.05) is 24.3 Å². The Morgan fingerprint density at radius 2 is 1.72 bits per heavy atom. The summed E-state index contributed by atoms with van der Waals surface area (Å²) in [5, 5.41) is 14.8. The maximum absolute atomic E-state index is 14.5. The molecule has 16 nitrogen and oxygen atoms in total. The molecule has 2 aliphatic rings. The first kappa shape index (κ1) is 39.2. The number of sulfonamides is 1. The smallest absolute Gasteiger partial charge is 0.408 e. The van der Waals surface area contributed by atoms with E-state index in [-0.39, 0.29) is 25.3 Å². The van der Waals surface area contributed by atoms with Crippen molar-refractivity contribution in [3.63, 3.8) is 0 Å². The number of nitrogens with zero attached hydrogens (tertiary/aromatic N) is 5. The van der Waals surface area contributed by atoms with Crippen LogP contribution in [-0.4, -0.2) is 98.0 Å². The summed E-state index contributed by atoms with van der Waals surface area (Å²) in [6, 6.07) is 4.99. The van der Waals surface area contributed by atoms with Crippen LogP contribution < -0.4 is 20.1 Å². The number of carbonyl (C=O) groups excluding carboxylic acids is 4. The van der Waals surface area contributed by atoms with Gasteiger partial charge in [0, 0.05) is 29.6 Å². The molecule has 2 aromatic heterocycles. The number of fused-ring (bicyclic) bond motifs is 1. The van der Waals surface area contributed by atoms with Gasteiger partial charge < -0.3 is 25.0 Å². The van der Waals surface area contributed by atoms with Crippen molar-refractivity contribution in [1.29, 1.82) is 0 Å². The lowest BCUT2D eigenvalue weighted by Crippen LogP contribution is -2.62. The predicted octanol–water partition coefficient (Wildman–Crippen LogP) is 3.16. The van der Waals surface area contributed by atoms with Crippen molar-refractivity contribution < 1.29 is 37.1 Å². The molecule has 0 radical (unpaired) electrons. The van der Waals surface area contributed by atoms with Crippen molar-refractivity contribution in [3.05, 3.63) is 55.6 Å². The van der Waals surface area contributed by atoms with Gasteiger partial charge in [-0.1, -0.05) is 45.0 Å². The van der Waals surface area contributed by atoms with Gasteiger partial charge in [-0.05, 0) is 58.4 Å². The molecule has 286 valence electrons. The van der Waals surface area contributed by atoms with Crippen LogP contribution in [0.2, 0.25) is 0 Å². The molecule has 53 heavy (non-hydrogen) atoms. The third-order valence-corrected chi connectivity index (χ3v) is 10.8. The third kappa shape index (κ3) is 9.12. The number of benzene rings is 1. The highest BCUT2D eigenvalue weighted by atomic mass is 32.2. The normalized spacial score (nSPS) is 19.5. The topological polar surface area (TPSA) is 204 Å². The first-order valence-corrected chi connectivity index (χ1v) is 19.0. The molecule has 3 aromatic rings. The van der Waals surface area contributed by atoms with Gasteiger partial charge in [-0.25, -0.2) is 18.2 Å². The molecular formula is C36H48N8O8S. The SMILES string of the molecule is C=CC[C@](C)(NC(=O)[C@@H]1C[C@@H](Oc2nnc(-n3ccnc3)c3ccccc23)CN1C(=O)[C@@H](NC(=O)OC(C)(C)C)C(C)(C)C)C(=O)NS(=O)(=O)C1CC1. The van der Waals surface area contributed by atoms with E-state index in [9.17, 15) is 27.6 Å². The van der Waals surface area contributed by atoms with Crippen molar-refractivity contribution in [3.8, 4) is 11.7 Å². The summed E-state index contributed by atoms with van der Waals surface area (Å²) in [5.74, 6) is -1.56. The van der Waals surface area contributed by atoms with E-state index < -0.39 is 73.8 Å². The molecule has 0 unspecified atom stereocenters. The number of rotatable bonds is 12. The van der Waals surface area contributed by atoms with Crippen LogP contribution in [0.5, 0.6) is 5.88 Å². The average molecular weight is 753 g/mol. The van der Waals surface area contributed by atoms with E-state index in [2.05, 4.69) is 37.1 Å². The Bertz CT molecular complexity index is 1990. The molecule has 1 aromatic carbocycles.